The number of rotatable bonds is 80. The monoisotopic (exact) mass is 1630 g/mol. The number of esters is 2. The predicted octanol–water partition coefficient (Wildman–Crippen LogP) is 18.9. The summed E-state index contributed by atoms with van der Waals surface area (Å²) in [5.74, 6) is -2.87. The number of phosphoric ester groups is 2. The van der Waals surface area contributed by atoms with Crippen LogP contribution < -0.4 is 21.3 Å². The number of allylic oxidation sites excluding steroid dienone is 4. The summed E-state index contributed by atoms with van der Waals surface area (Å²) >= 11 is 0. The third-order valence-electron chi connectivity index (χ3n) is 19.4. The SMILES string of the molecule is CCCCCC/C=C\CCCC(=O)O[C@H](CCCCCCCCCCC)CC(=O)NC(COCC[C@H](O)CCCCCCC)COP(=O)(O)OCCNC(=O)c1ccc(C(=O)NCCOP(=O)(O)OCC(COCC[C@H](O)CCCCCCC)NC(=O)C[C@@H](CCCCCCC)OC(=O)CCC/C=C/CCCCCC)cc1. The van der Waals surface area contributed by atoms with E-state index in [0.717, 1.165) is 161 Å². The lowest BCUT2D eigenvalue weighted by atomic mass is 10.0. The number of benzene rings is 1. The van der Waals surface area contributed by atoms with Gasteiger partial charge in [0.15, 0.2) is 0 Å². The third kappa shape index (κ3) is 64.7. The van der Waals surface area contributed by atoms with Crippen LogP contribution in [0.15, 0.2) is 48.6 Å². The normalized spacial score (nSPS) is 14.4. The van der Waals surface area contributed by atoms with Crippen molar-refractivity contribution in [2.24, 2.45) is 0 Å². The van der Waals surface area contributed by atoms with Crippen molar-refractivity contribution >= 4 is 51.2 Å². The average Bonchev–Trinajstić information content (AvgIpc) is 0.892. The van der Waals surface area contributed by atoms with Gasteiger partial charge in [-0.2, -0.15) is 0 Å². The summed E-state index contributed by atoms with van der Waals surface area (Å²) in [5.41, 5.74) is 0.288. The van der Waals surface area contributed by atoms with Gasteiger partial charge in [0.05, 0.1) is 76.8 Å². The number of unbranched alkanes of at least 4 members (excludes halogenated alkanes) is 30. The molecular formula is C86H156N4O20P2. The molecule has 0 saturated carbocycles. The molecule has 0 bridgehead atoms. The second kappa shape index (κ2) is 73.0. The van der Waals surface area contributed by atoms with Crippen LogP contribution in [0.1, 0.15) is 370 Å². The zero-order valence-electron chi connectivity index (χ0n) is 70.3. The molecule has 8 N–H and O–H groups in total. The van der Waals surface area contributed by atoms with E-state index >= 15 is 0 Å². The number of aliphatic hydroxyl groups is 2. The Morgan fingerprint density at radius 3 is 0.991 bits per heavy atom. The lowest BCUT2D eigenvalue weighted by Gasteiger charge is -2.23. The maximum Gasteiger partial charge on any atom is 0.472 e. The molecule has 0 spiro atoms. The average molecular weight is 1630 g/mol. The van der Waals surface area contributed by atoms with Gasteiger partial charge in [0, 0.05) is 50.3 Å². The van der Waals surface area contributed by atoms with Crippen molar-refractivity contribution in [3.05, 3.63) is 59.7 Å². The van der Waals surface area contributed by atoms with Gasteiger partial charge in [0.2, 0.25) is 11.8 Å². The smallest absolute Gasteiger partial charge is 0.462 e. The summed E-state index contributed by atoms with van der Waals surface area (Å²) in [4.78, 5) is 102. The van der Waals surface area contributed by atoms with Crippen LogP contribution in [0.25, 0.3) is 0 Å². The largest absolute Gasteiger partial charge is 0.472 e. The Kier molecular flexibility index (Phi) is 68.8. The van der Waals surface area contributed by atoms with Gasteiger partial charge in [-0.25, -0.2) is 9.13 Å². The summed E-state index contributed by atoms with van der Waals surface area (Å²) in [7, 11) is -9.56. The number of ether oxygens (including phenoxy) is 4. The lowest BCUT2D eigenvalue weighted by Crippen LogP contribution is -2.43. The molecule has 0 aliphatic carbocycles. The van der Waals surface area contributed by atoms with Gasteiger partial charge in [0.25, 0.3) is 11.8 Å². The molecule has 4 amide bonds. The standard InChI is InChI=1S/C86H156N4O20P2/c1-7-13-19-25-28-31-34-40-46-52-80(110-84(96)54-48-42-36-33-30-27-21-15-9-3)68-82(94)90-76(70-104-64-60-78(92)50-44-38-23-17-11-5)72-108-112(101,102)106-66-62-88-86(98)74-57-55-73(56-58-74)85(97)87-61-65-105-111(99,100)107-71-75(69-103-63-59-77(91)49-43-37-22-16-10-4)89-81(93)67-79(51-45-39-24-18-12-6)109-83(95)53-47-41-35-32-29-26-20-14-8-2/h32-33,35-36,55-58,75-80,91-92H,7-31,34,37-54,59-72H2,1-6H3,(H,87,97)(H,88,98)(H,89,93)(H,90,94)(H,99,100)(H,101,102)/b35-32+,36-33-/t75?,76?,77-,78-,79-,80-/m1/s1. The first-order valence-corrected chi connectivity index (χ1v) is 46.9. The molecule has 1 rings (SSSR count). The van der Waals surface area contributed by atoms with Gasteiger partial charge in [-0.3, -0.25) is 46.9 Å². The predicted molar refractivity (Wildman–Crippen MR) is 446 cm³/mol. The van der Waals surface area contributed by atoms with Crippen LogP contribution in [0.2, 0.25) is 0 Å². The Morgan fingerprint density at radius 1 is 0.366 bits per heavy atom. The number of nitrogens with one attached hydrogen (secondary N) is 4. The van der Waals surface area contributed by atoms with Crippen LogP contribution >= 0.6 is 15.6 Å². The molecule has 0 aliphatic heterocycles. The van der Waals surface area contributed by atoms with E-state index in [2.05, 4.69) is 87.1 Å². The zero-order valence-corrected chi connectivity index (χ0v) is 72.1. The number of phosphoric acid groups is 2. The van der Waals surface area contributed by atoms with Gasteiger partial charge in [-0.15, -0.1) is 0 Å². The molecule has 8 atom stereocenters. The van der Waals surface area contributed by atoms with Crippen LogP contribution in [-0.4, -0.2) is 158 Å². The van der Waals surface area contributed by atoms with Gasteiger partial charge >= 0.3 is 27.6 Å². The van der Waals surface area contributed by atoms with Gasteiger partial charge in [0.1, 0.15) is 12.2 Å². The van der Waals surface area contributed by atoms with Crippen LogP contribution in [0.4, 0.5) is 0 Å². The maximum absolute atomic E-state index is 13.8. The highest BCUT2D eigenvalue weighted by molar-refractivity contribution is 7.47. The van der Waals surface area contributed by atoms with E-state index in [1.165, 1.54) is 94.9 Å². The minimum Gasteiger partial charge on any atom is -0.462 e. The summed E-state index contributed by atoms with van der Waals surface area (Å²) in [6.07, 6.45) is 48.8. The highest BCUT2D eigenvalue weighted by Gasteiger charge is 2.29. The van der Waals surface area contributed by atoms with E-state index in [-0.39, 0.29) is 88.3 Å². The number of amides is 4. The molecule has 0 aliphatic rings. The number of carbonyl (C=O) groups excluding carboxylic acids is 6. The summed E-state index contributed by atoms with van der Waals surface area (Å²) in [6.45, 7) is 10.7. The minimum atomic E-state index is -4.78. The molecule has 1 aromatic rings. The van der Waals surface area contributed by atoms with E-state index in [0.29, 0.717) is 51.4 Å². The van der Waals surface area contributed by atoms with Crippen molar-refractivity contribution in [3.63, 3.8) is 0 Å². The van der Waals surface area contributed by atoms with Crippen molar-refractivity contribution in [1.29, 1.82) is 0 Å². The Balaban J connectivity index is 2.97. The van der Waals surface area contributed by atoms with E-state index < -0.39 is 102 Å². The fourth-order valence-electron chi connectivity index (χ4n) is 12.6. The second-order valence-corrected chi connectivity index (χ2v) is 33.0. The molecule has 0 aromatic heterocycles. The van der Waals surface area contributed by atoms with E-state index in [1.54, 1.807) is 0 Å². The highest BCUT2D eigenvalue weighted by Crippen LogP contribution is 2.44. The topological polar surface area (TPSA) is 339 Å². The van der Waals surface area contributed by atoms with Gasteiger partial charge < -0.3 is 60.2 Å². The van der Waals surface area contributed by atoms with Crippen molar-refractivity contribution < 1.29 is 94.9 Å². The Labute approximate surface area is 676 Å². The minimum absolute atomic E-state index is 0.129. The Hall–Kier alpha value is -4.42. The van der Waals surface area contributed by atoms with E-state index in [9.17, 15) is 57.9 Å². The number of hydrogen-bond acceptors (Lipinski definition) is 18. The number of carbonyl (C=O) groups is 6. The first kappa shape index (κ1) is 106. The quantitative estimate of drug-likeness (QED) is 0.0130. The van der Waals surface area contributed by atoms with Crippen molar-refractivity contribution in [2.75, 3.05) is 65.9 Å². The molecule has 0 fully saturated rings. The molecule has 650 valence electrons. The highest BCUT2D eigenvalue weighted by atomic mass is 31.2. The summed E-state index contributed by atoms with van der Waals surface area (Å²) < 4.78 is 71.2. The molecule has 1 aromatic carbocycles. The Morgan fingerprint density at radius 2 is 0.661 bits per heavy atom. The first-order valence-electron chi connectivity index (χ1n) is 43.9. The molecule has 112 heavy (non-hydrogen) atoms. The van der Waals surface area contributed by atoms with Crippen LogP contribution in [-0.2, 0) is 65.4 Å². The zero-order chi connectivity index (χ0) is 82.2. The first-order chi connectivity index (χ1) is 54.2. The molecule has 0 heterocycles. The van der Waals surface area contributed by atoms with Crippen LogP contribution in [0.5, 0.6) is 0 Å². The molecular weight excluding hydrogens is 1470 g/mol. The van der Waals surface area contributed by atoms with Gasteiger partial charge in [-0.1, -0.05) is 246 Å². The molecule has 26 heteroatoms. The third-order valence-corrected chi connectivity index (χ3v) is 21.3. The molecule has 0 radical (unpaired) electrons. The fourth-order valence-corrected chi connectivity index (χ4v) is 14.1. The van der Waals surface area contributed by atoms with Crippen molar-refractivity contribution in [1.82, 2.24) is 21.3 Å². The second-order valence-electron chi connectivity index (χ2n) is 30.1. The Bertz CT molecular complexity index is 2660. The number of hydrogen-bond donors (Lipinski definition) is 8. The van der Waals surface area contributed by atoms with Crippen molar-refractivity contribution in [3.8, 4) is 0 Å². The molecule has 0 saturated heterocycles. The van der Waals surface area contributed by atoms with E-state index in [4.69, 9.17) is 37.0 Å². The molecule has 4 unspecified atom stereocenters. The van der Waals surface area contributed by atoms with Gasteiger partial charge in [-0.05, 0) is 127 Å². The fraction of sp³-hybridized carbons (Fsp3) is 0.814. The van der Waals surface area contributed by atoms with Crippen LogP contribution in [0, 0.1) is 0 Å². The lowest BCUT2D eigenvalue weighted by molar-refractivity contribution is -0.152. The van der Waals surface area contributed by atoms with Crippen LogP contribution in [0.3, 0.4) is 0 Å². The maximum atomic E-state index is 13.8. The van der Waals surface area contributed by atoms with Crippen molar-refractivity contribution in [2.45, 2.75) is 386 Å². The summed E-state index contributed by atoms with van der Waals surface area (Å²) in [5, 5.41) is 32.1. The molecule has 24 nitrogen and oxygen atoms in total. The number of aliphatic hydroxyl groups excluding tert-OH is 2. The summed E-state index contributed by atoms with van der Waals surface area (Å²) in [6, 6.07) is 3.67. The van der Waals surface area contributed by atoms with E-state index in [1.807, 2.05) is 0 Å².